The van der Waals surface area contributed by atoms with Gasteiger partial charge in [0.1, 0.15) is 11.6 Å². The van der Waals surface area contributed by atoms with E-state index in [9.17, 15) is 19.2 Å². The summed E-state index contributed by atoms with van der Waals surface area (Å²) >= 11 is 0. The Hall–Kier alpha value is -1.80. The molecule has 0 saturated heterocycles. The van der Waals surface area contributed by atoms with Gasteiger partial charge in [0.15, 0.2) is 0 Å². The molecular weight excluding hydrogens is 460 g/mol. The lowest BCUT2D eigenvalue weighted by molar-refractivity contribution is -0.124. The molecule has 0 aliphatic rings. The first-order valence-corrected chi connectivity index (χ1v) is 12.7. The van der Waals surface area contributed by atoms with Crippen LogP contribution < -0.4 is 10.6 Å². The monoisotopic (exact) mass is 518 g/mol. The minimum absolute atomic E-state index is 0. The van der Waals surface area contributed by atoms with Crippen molar-refractivity contribution in [3.8, 4) is 0 Å². The molecule has 0 aromatic rings. The Balaban J connectivity index is -0.000000269. The van der Waals surface area contributed by atoms with Crippen molar-refractivity contribution in [1.82, 2.24) is 10.6 Å². The topological polar surface area (TPSA) is 111 Å². The van der Waals surface area contributed by atoms with Crippen LogP contribution in [0.15, 0.2) is 0 Å². The summed E-state index contributed by atoms with van der Waals surface area (Å²) in [6.45, 7) is 17.8. The van der Waals surface area contributed by atoms with E-state index in [0.29, 0.717) is 52.2 Å². The van der Waals surface area contributed by atoms with Crippen LogP contribution in [0.25, 0.3) is 0 Å². The van der Waals surface area contributed by atoms with Gasteiger partial charge in [-0.2, -0.15) is 0 Å². The van der Waals surface area contributed by atoms with Crippen LogP contribution in [0.2, 0.25) is 0 Å². The summed E-state index contributed by atoms with van der Waals surface area (Å²) < 4.78 is 10.6. The molecule has 0 aromatic carbocycles. The molecule has 216 valence electrons. The second-order valence-corrected chi connectivity index (χ2v) is 9.59. The fourth-order valence-electron chi connectivity index (χ4n) is 2.49. The van der Waals surface area contributed by atoms with Crippen LogP contribution in [0.4, 0.5) is 0 Å². The molecule has 0 heterocycles. The summed E-state index contributed by atoms with van der Waals surface area (Å²) in [6.07, 6.45) is 3.03. The predicted octanol–water partition coefficient (Wildman–Crippen LogP) is 4.98. The van der Waals surface area contributed by atoms with Crippen LogP contribution in [0.1, 0.15) is 102 Å². The molecule has 0 radical (unpaired) electrons. The van der Waals surface area contributed by atoms with Gasteiger partial charge in [-0.3, -0.25) is 19.2 Å². The number of amides is 2. The molecule has 0 unspecified atom stereocenters. The van der Waals surface area contributed by atoms with Gasteiger partial charge in [0.2, 0.25) is 11.8 Å². The van der Waals surface area contributed by atoms with Crippen LogP contribution in [-0.2, 0) is 28.7 Å². The van der Waals surface area contributed by atoms with Crippen LogP contribution in [0.5, 0.6) is 0 Å². The molecule has 0 spiro atoms. The minimum atomic E-state index is 0. The highest BCUT2D eigenvalue weighted by Gasteiger charge is 2.08. The van der Waals surface area contributed by atoms with E-state index in [1.54, 1.807) is 0 Å². The number of ketones is 2. The Bertz CT molecular complexity index is 550. The fraction of sp³-hybridized carbons (Fsp3) is 0.857. The zero-order valence-electron chi connectivity index (χ0n) is 22.8. The molecule has 0 aliphatic heterocycles. The maximum atomic E-state index is 11.3. The third kappa shape index (κ3) is 28.4. The second-order valence-electron chi connectivity index (χ2n) is 9.59. The quantitative estimate of drug-likeness (QED) is 0.248. The number of ether oxygens (including phenoxy) is 2. The standard InChI is InChI=1S/2C13H25NO3.2CH4/c1-10(2)12(15)6-5-8-17-9-7-14-13(16)11(3)4;1-10(2)12(15)6-5-8-17-9-7-13(16)14-11(3)4;;/h2*10-11H,5-9H2,1-4H3,(H,14,16);2*1H4. The van der Waals surface area contributed by atoms with Crippen molar-refractivity contribution in [3.63, 3.8) is 0 Å². The number of carbonyl (C=O) groups excluding carboxylic acids is 4. The van der Waals surface area contributed by atoms with Crippen LogP contribution in [0.3, 0.4) is 0 Å². The SMILES string of the molecule is C.C.CC(C)C(=O)CCCOCCNC(=O)C(C)C.CC(C)NC(=O)CCOCCCC(=O)C(C)C. The first kappa shape index (κ1) is 41.3. The van der Waals surface area contributed by atoms with Gasteiger partial charge in [0.25, 0.3) is 0 Å². The van der Waals surface area contributed by atoms with Crippen molar-refractivity contribution < 1.29 is 28.7 Å². The molecular formula is C28H58N2O6. The third-order valence-electron chi connectivity index (χ3n) is 4.70. The zero-order valence-corrected chi connectivity index (χ0v) is 22.8. The third-order valence-corrected chi connectivity index (χ3v) is 4.70. The predicted molar refractivity (Wildman–Crippen MR) is 149 cm³/mol. The molecule has 0 fully saturated rings. The summed E-state index contributed by atoms with van der Waals surface area (Å²) in [7, 11) is 0. The lowest BCUT2D eigenvalue weighted by atomic mass is 10.1. The van der Waals surface area contributed by atoms with E-state index in [1.165, 1.54) is 0 Å². The molecule has 8 heteroatoms. The second kappa shape index (κ2) is 26.3. The van der Waals surface area contributed by atoms with Crippen molar-refractivity contribution in [2.45, 2.75) is 108 Å². The van der Waals surface area contributed by atoms with Gasteiger partial charge < -0.3 is 20.1 Å². The van der Waals surface area contributed by atoms with Gasteiger partial charge >= 0.3 is 0 Å². The van der Waals surface area contributed by atoms with E-state index < -0.39 is 0 Å². The summed E-state index contributed by atoms with van der Waals surface area (Å²) in [4.78, 5) is 45.0. The normalized spacial score (nSPS) is 10.3. The van der Waals surface area contributed by atoms with Gasteiger partial charge in [-0.25, -0.2) is 0 Å². The van der Waals surface area contributed by atoms with E-state index in [2.05, 4.69) is 10.6 Å². The van der Waals surface area contributed by atoms with Crippen molar-refractivity contribution in [1.29, 1.82) is 0 Å². The van der Waals surface area contributed by atoms with Crippen LogP contribution in [0, 0.1) is 17.8 Å². The molecule has 2 N–H and O–H groups in total. The van der Waals surface area contributed by atoms with Crippen LogP contribution in [-0.4, -0.2) is 62.4 Å². The highest BCUT2D eigenvalue weighted by molar-refractivity contribution is 5.80. The zero-order chi connectivity index (χ0) is 26.5. The Morgan fingerprint density at radius 2 is 1.06 bits per heavy atom. The van der Waals surface area contributed by atoms with Crippen molar-refractivity contribution in [2.24, 2.45) is 17.8 Å². The lowest BCUT2D eigenvalue weighted by Gasteiger charge is -2.08. The molecule has 0 aromatic heterocycles. The number of Topliss-reactive ketones (excluding diaryl/α,β-unsaturated/α-hetero) is 2. The van der Waals surface area contributed by atoms with E-state index in [4.69, 9.17) is 9.47 Å². The minimum Gasteiger partial charge on any atom is -0.381 e. The fourth-order valence-corrected chi connectivity index (χ4v) is 2.49. The van der Waals surface area contributed by atoms with Crippen LogP contribution >= 0.6 is 0 Å². The Morgan fingerprint density at radius 3 is 1.44 bits per heavy atom. The highest BCUT2D eigenvalue weighted by Crippen LogP contribution is 2.02. The average molecular weight is 519 g/mol. The first-order valence-electron chi connectivity index (χ1n) is 12.7. The van der Waals surface area contributed by atoms with Crippen molar-refractivity contribution in [2.75, 3.05) is 33.0 Å². The summed E-state index contributed by atoms with van der Waals surface area (Å²) in [6, 6.07) is 0.172. The van der Waals surface area contributed by atoms with Gasteiger partial charge in [-0.05, 0) is 26.7 Å². The highest BCUT2D eigenvalue weighted by atomic mass is 16.5. The number of nitrogens with one attached hydrogen (secondary N) is 2. The largest absolute Gasteiger partial charge is 0.381 e. The summed E-state index contributed by atoms with van der Waals surface area (Å²) in [5.74, 6) is 0.834. The number of carbonyl (C=O) groups is 4. The van der Waals surface area contributed by atoms with E-state index in [0.717, 1.165) is 12.8 Å². The average Bonchev–Trinajstić information content (AvgIpc) is 2.74. The van der Waals surface area contributed by atoms with Gasteiger partial charge in [-0.15, -0.1) is 0 Å². The van der Waals surface area contributed by atoms with Crippen molar-refractivity contribution in [3.05, 3.63) is 0 Å². The molecule has 0 bridgehead atoms. The number of hydrogen-bond acceptors (Lipinski definition) is 6. The number of hydrogen-bond donors (Lipinski definition) is 2. The van der Waals surface area contributed by atoms with E-state index >= 15 is 0 Å². The van der Waals surface area contributed by atoms with Gasteiger partial charge in [0, 0.05) is 62.8 Å². The van der Waals surface area contributed by atoms with E-state index in [-0.39, 0.29) is 62.0 Å². The molecule has 0 rings (SSSR count). The Kier molecular flexibility index (Phi) is 30.2. The summed E-state index contributed by atoms with van der Waals surface area (Å²) in [5, 5.41) is 5.56. The van der Waals surface area contributed by atoms with Gasteiger partial charge in [0.05, 0.1) is 13.2 Å². The van der Waals surface area contributed by atoms with E-state index in [1.807, 2.05) is 55.4 Å². The van der Waals surface area contributed by atoms with Crippen molar-refractivity contribution >= 4 is 23.4 Å². The molecule has 0 saturated carbocycles. The molecule has 0 aliphatic carbocycles. The Labute approximate surface area is 222 Å². The molecule has 2 amide bonds. The molecule has 36 heavy (non-hydrogen) atoms. The molecule has 8 nitrogen and oxygen atoms in total. The number of rotatable bonds is 18. The maximum absolute atomic E-state index is 11.3. The molecule has 0 atom stereocenters. The maximum Gasteiger partial charge on any atom is 0.222 e. The smallest absolute Gasteiger partial charge is 0.222 e. The first-order chi connectivity index (χ1) is 15.9. The lowest BCUT2D eigenvalue weighted by Crippen LogP contribution is -2.30. The Morgan fingerprint density at radius 1 is 0.611 bits per heavy atom. The summed E-state index contributed by atoms with van der Waals surface area (Å²) in [5.41, 5.74) is 0. The van der Waals surface area contributed by atoms with Gasteiger partial charge in [-0.1, -0.05) is 56.4 Å².